The van der Waals surface area contributed by atoms with Crippen LogP contribution in [0, 0.1) is 5.92 Å². The number of nitrogen functional groups attached to an aromatic ring is 1. The van der Waals surface area contributed by atoms with E-state index in [1.165, 1.54) is 11.9 Å². The number of thioether (sulfide) groups is 1. The normalized spacial score (nSPS) is 13.8. The SMILES string of the molecule is CC(O)C(CNCc1c[nH]c2c(N)ncnc12)CSCc1ccccc1. The molecule has 0 radical (unpaired) electrons. The van der Waals surface area contributed by atoms with Crippen molar-refractivity contribution < 1.29 is 5.11 Å². The summed E-state index contributed by atoms with van der Waals surface area (Å²) in [4.78, 5) is 11.4. The molecule has 0 saturated carbocycles. The maximum atomic E-state index is 10.1. The lowest BCUT2D eigenvalue weighted by atomic mass is 10.1. The smallest absolute Gasteiger partial charge is 0.151 e. The molecule has 0 aliphatic carbocycles. The van der Waals surface area contributed by atoms with Crippen LogP contribution >= 0.6 is 11.8 Å². The fourth-order valence-electron chi connectivity index (χ4n) is 2.81. The van der Waals surface area contributed by atoms with Crippen molar-refractivity contribution in [3.8, 4) is 0 Å². The van der Waals surface area contributed by atoms with Gasteiger partial charge in [0.25, 0.3) is 0 Å². The van der Waals surface area contributed by atoms with Crippen molar-refractivity contribution in [3.63, 3.8) is 0 Å². The number of anilines is 1. The number of nitrogens with two attached hydrogens (primary N) is 1. The quantitative estimate of drug-likeness (QED) is 0.461. The molecule has 2 heterocycles. The second-order valence-corrected chi connectivity index (χ2v) is 7.46. The van der Waals surface area contributed by atoms with E-state index in [9.17, 15) is 5.11 Å². The zero-order valence-corrected chi connectivity index (χ0v) is 15.7. The Morgan fingerprint density at radius 3 is 2.85 bits per heavy atom. The molecule has 7 heteroatoms. The van der Waals surface area contributed by atoms with E-state index in [1.807, 2.05) is 30.9 Å². The number of hydrogen-bond acceptors (Lipinski definition) is 6. The van der Waals surface area contributed by atoms with E-state index in [4.69, 9.17) is 5.73 Å². The molecule has 0 aliphatic rings. The highest BCUT2D eigenvalue weighted by atomic mass is 32.2. The predicted octanol–water partition coefficient (Wildman–Crippen LogP) is 2.56. The Kier molecular flexibility index (Phi) is 6.49. The number of aromatic nitrogens is 3. The number of aromatic amines is 1. The van der Waals surface area contributed by atoms with E-state index in [0.29, 0.717) is 12.4 Å². The molecule has 1 aromatic carbocycles. The van der Waals surface area contributed by atoms with Crippen LogP contribution in [-0.4, -0.2) is 38.5 Å². The molecule has 0 fully saturated rings. The Bertz CT molecular complexity index is 821. The first kappa shape index (κ1) is 18.7. The Balaban J connectivity index is 1.49. The van der Waals surface area contributed by atoms with Gasteiger partial charge < -0.3 is 21.1 Å². The van der Waals surface area contributed by atoms with Crippen molar-refractivity contribution >= 4 is 28.6 Å². The number of aliphatic hydroxyl groups is 1. The molecule has 0 spiro atoms. The molecule has 0 bridgehead atoms. The van der Waals surface area contributed by atoms with Crippen molar-refractivity contribution in [2.45, 2.75) is 25.3 Å². The predicted molar refractivity (Wildman–Crippen MR) is 108 cm³/mol. The highest BCUT2D eigenvalue weighted by Gasteiger charge is 2.15. The summed E-state index contributed by atoms with van der Waals surface area (Å²) < 4.78 is 0. The first-order chi connectivity index (χ1) is 12.6. The molecule has 138 valence electrons. The summed E-state index contributed by atoms with van der Waals surface area (Å²) in [7, 11) is 0. The highest BCUT2D eigenvalue weighted by Crippen LogP contribution is 2.20. The lowest BCUT2D eigenvalue weighted by Gasteiger charge is -2.20. The summed E-state index contributed by atoms with van der Waals surface area (Å²) in [6, 6.07) is 10.4. The van der Waals surface area contributed by atoms with Crippen LogP contribution in [0.4, 0.5) is 5.82 Å². The summed E-state index contributed by atoms with van der Waals surface area (Å²) in [5.41, 5.74) is 9.83. The minimum absolute atomic E-state index is 0.189. The van der Waals surface area contributed by atoms with Crippen molar-refractivity contribution in [1.82, 2.24) is 20.3 Å². The summed E-state index contributed by atoms with van der Waals surface area (Å²) >= 11 is 1.85. The van der Waals surface area contributed by atoms with Crippen LogP contribution in [0.25, 0.3) is 11.0 Å². The molecule has 5 N–H and O–H groups in total. The lowest BCUT2D eigenvalue weighted by molar-refractivity contribution is 0.136. The molecule has 2 atom stereocenters. The van der Waals surface area contributed by atoms with Crippen molar-refractivity contribution in [2.24, 2.45) is 5.92 Å². The molecule has 2 aromatic heterocycles. The third-order valence-corrected chi connectivity index (χ3v) is 5.62. The van der Waals surface area contributed by atoms with Crippen LogP contribution in [0.5, 0.6) is 0 Å². The molecule has 3 rings (SSSR count). The van der Waals surface area contributed by atoms with Crippen LogP contribution in [0.3, 0.4) is 0 Å². The number of fused-ring (bicyclic) bond motifs is 1. The monoisotopic (exact) mass is 371 g/mol. The molecule has 0 amide bonds. The third kappa shape index (κ3) is 4.75. The average molecular weight is 372 g/mol. The Morgan fingerprint density at radius 2 is 2.08 bits per heavy atom. The van der Waals surface area contributed by atoms with Gasteiger partial charge in [-0.1, -0.05) is 30.3 Å². The largest absolute Gasteiger partial charge is 0.393 e. The number of nitrogens with one attached hydrogen (secondary N) is 2. The molecule has 3 aromatic rings. The van der Waals surface area contributed by atoms with Gasteiger partial charge in [-0.2, -0.15) is 11.8 Å². The number of benzene rings is 1. The van der Waals surface area contributed by atoms with Gasteiger partial charge in [0.05, 0.1) is 11.6 Å². The molecular weight excluding hydrogens is 346 g/mol. The Hall–Kier alpha value is -2.09. The van der Waals surface area contributed by atoms with Crippen LogP contribution in [0.1, 0.15) is 18.1 Å². The van der Waals surface area contributed by atoms with Crippen LogP contribution in [0.2, 0.25) is 0 Å². The highest BCUT2D eigenvalue weighted by molar-refractivity contribution is 7.98. The van der Waals surface area contributed by atoms with Gasteiger partial charge in [0.15, 0.2) is 5.82 Å². The first-order valence-corrected chi connectivity index (χ1v) is 9.87. The van der Waals surface area contributed by atoms with Gasteiger partial charge in [-0.25, -0.2) is 9.97 Å². The number of aliphatic hydroxyl groups excluding tert-OH is 1. The molecular formula is C19H25N5OS. The second-order valence-electron chi connectivity index (χ2n) is 6.43. The number of hydrogen-bond donors (Lipinski definition) is 4. The van der Waals surface area contributed by atoms with E-state index >= 15 is 0 Å². The zero-order valence-electron chi connectivity index (χ0n) is 14.9. The first-order valence-electron chi connectivity index (χ1n) is 8.72. The fourth-order valence-corrected chi connectivity index (χ4v) is 4.06. The standard InChI is InChI=1S/C19H25N5OS/c1-13(25)16(11-26-10-14-5-3-2-4-6-14)8-21-7-15-9-22-18-17(15)23-12-24-19(18)20/h2-6,9,12-13,16,21-22,25H,7-8,10-11H2,1H3,(H2,20,23,24). The van der Waals surface area contributed by atoms with E-state index < -0.39 is 0 Å². The summed E-state index contributed by atoms with van der Waals surface area (Å²) in [5, 5.41) is 13.5. The third-order valence-electron chi connectivity index (χ3n) is 4.42. The number of H-pyrrole nitrogens is 1. The summed E-state index contributed by atoms with van der Waals surface area (Å²) in [6.45, 7) is 3.27. The van der Waals surface area contributed by atoms with Crippen LogP contribution in [-0.2, 0) is 12.3 Å². The van der Waals surface area contributed by atoms with Crippen molar-refractivity contribution in [2.75, 3.05) is 18.0 Å². The van der Waals surface area contributed by atoms with Crippen LogP contribution < -0.4 is 11.1 Å². The van der Waals surface area contributed by atoms with Gasteiger partial charge >= 0.3 is 0 Å². The minimum atomic E-state index is -0.355. The number of rotatable bonds is 9. The Labute approximate surface area is 157 Å². The minimum Gasteiger partial charge on any atom is -0.393 e. The van der Waals surface area contributed by atoms with E-state index in [0.717, 1.165) is 34.6 Å². The van der Waals surface area contributed by atoms with Crippen molar-refractivity contribution in [3.05, 3.63) is 54.0 Å². The van der Waals surface area contributed by atoms with Crippen LogP contribution in [0.15, 0.2) is 42.9 Å². The average Bonchev–Trinajstić information content (AvgIpc) is 3.06. The maximum absolute atomic E-state index is 10.1. The van der Waals surface area contributed by atoms with E-state index in [2.05, 4.69) is 44.5 Å². The number of nitrogens with zero attached hydrogens (tertiary/aromatic N) is 2. The van der Waals surface area contributed by atoms with Gasteiger partial charge in [-0.3, -0.25) is 0 Å². The van der Waals surface area contributed by atoms with Gasteiger partial charge in [0.1, 0.15) is 11.8 Å². The zero-order chi connectivity index (χ0) is 18.4. The molecule has 0 aliphatic heterocycles. The second kappa shape index (κ2) is 9.02. The molecule has 26 heavy (non-hydrogen) atoms. The summed E-state index contributed by atoms with van der Waals surface area (Å²) in [5.74, 6) is 2.51. The molecule has 2 unspecified atom stereocenters. The lowest BCUT2D eigenvalue weighted by Crippen LogP contribution is -2.31. The van der Waals surface area contributed by atoms with Gasteiger partial charge in [0, 0.05) is 42.3 Å². The van der Waals surface area contributed by atoms with Crippen molar-refractivity contribution in [1.29, 1.82) is 0 Å². The topological polar surface area (TPSA) is 99.8 Å². The molecule has 6 nitrogen and oxygen atoms in total. The summed E-state index contributed by atoms with van der Waals surface area (Å²) in [6.07, 6.45) is 3.03. The van der Waals surface area contributed by atoms with Gasteiger partial charge in [-0.15, -0.1) is 0 Å². The maximum Gasteiger partial charge on any atom is 0.151 e. The van der Waals surface area contributed by atoms with Gasteiger partial charge in [-0.05, 0) is 12.5 Å². The van der Waals surface area contributed by atoms with Gasteiger partial charge in [0.2, 0.25) is 0 Å². The fraction of sp³-hybridized carbons (Fsp3) is 0.368. The van der Waals surface area contributed by atoms with E-state index in [-0.39, 0.29) is 12.0 Å². The molecule has 0 saturated heterocycles. The van der Waals surface area contributed by atoms with E-state index in [1.54, 1.807) is 0 Å². The Morgan fingerprint density at radius 1 is 1.27 bits per heavy atom.